The summed E-state index contributed by atoms with van der Waals surface area (Å²) in [6.07, 6.45) is 4.84. The van der Waals surface area contributed by atoms with Crippen LogP contribution >= 0.6 is 11.6 Å². The van der Waals surface area contributed by atoms with E-state index in [1.807, 2.05) is 0 Å². The normalized spacial score (nSPS) is 18.8. The second-order valence-electron chi connectivity index (χ2n) is 5.41. The van der Waals surface area contributed by atoms with Crippen LogP contribution in [0, 0.1) is 5.82 Å². The lowest BCUT2D eigenvalue weighted by Gasteiger charge is -2.36. The van der Waals surface area contributed by atoms with Gasteiger partial charge >= 0.3 is 0 Å². The maximum atomic E-state index is 13.9. The van der Waals surface area contributed by atoms with Crippen molar-refractivity contribution in [3.05, 3.63) is 34.6 Å². The van der Waals surface area contributed by atoms with Crippen LogP contribution in [0.2, 0.25) is 5.02 Å². The summed E-state index contributed by atoms with van der Waals surface area (Å²) in [6, 6.07) is 4.29. The van der Waals surface area contributed by atoms with E-state index in [9.17, 15) is 9.18 Å². The van der Waals surface area contributed by atoms with Crippen molar-refractivity contribution in [2.75, 3.05) is 20.3 Å². The Morgan fingerprint density at radius 2 is 2.29 bits per heavy atom. The number of methoxy groups -OCH3 is 1. The van der Waals surface area contributed by atoms with Crippen LogP contribution in [0.4, 0.5) is 4.39 Å². The van der Waals surface area contributed by atoms with Gasteiger partial charge in [-0.05, 0) is 50.3 Å². The summed E-state index contributed by atoms with van der Waals surface area (Å²) in [5.41, 5.74) is 0.0705. The number of benzene rings is 1. The number of ether oxygens (including phenoxy) is 1. The standard InChI is InChI=1S/C16H21ClFNO2/c1-21-10-4-6-13-5-2-3-9-19(13)16(20)14-11-12(17)7-8-15(14)18/h7-8,11,13H,2-6,9-10H2,1H3. The van der Waals surface area contributed by atoms with E-state index in [1.165, 1.54) is 18.2 Å². The van der Waals surface area contributed by atoms with Crippen LogP contribution < -0.4 is 0 Å². The summed E-state index contributed by atoms with van der Waals surface area (Å²) in [5.74, 6) is -0.761. The molecule has 1 unspecified atom stereocenters. The molecule has 0 aromatic heterocycles. The summed E-state index contributed by atoms with van der Waals surface area (Å²) in [7, 11) is 1.67. The van der Waals surface area contributed by atoms with Crippen molar-refractivity contribution in [1.82, 2.24) is 4.90 Å². The molecule has 1 aliphatic heterocycles. The first-order valence-corrected chi connectivity index (χ1v) is 7.76. The highest BCUT2D eigenvalue weighted by atomic mass is 35.5. The molecular weight excluding hydrogens is 293 g/mol. The molecular formula is C16H21ClFNO2. The maximum Gasteiger partial charge on any atom is 0.257 e. The van der Waals surface area contributed by atoms with Gasteiger partial charge in [-0.1, -0.05) is 11.6 Å². The Balaban J connectivity index is 2.12. The molecule has 2 rings (SSSR count). The Bertz CT molecular complexity index is 495. The van der Waals surface area contributed by atoms with Crippen molar-refractivity contribution in [3.8, 4) is 0 Å². The van der Waals surface area contributed by atoms with Gasteiger partial charge in [-0.3, -0.25) is 4.79 Å². The summed E-state index contributed by atoms with van der Waals surface area (Å²) in [4.78, 5) is 14.4. The van der Waals surface area contributed by atoms with Gasteiger partial charge in [0.2, 0.25) is 0 Å². The van der Waals surface area contributed by atoms with Crippen LogP contribution in [0.3, 0.4) is 0 Å². The first kappa shape index (κ1) is 16.2. The third-order valence-corrected chi connectivity index (χ3v) is 4.17. The SMILES string of the molecule is COCCCC1CCCCN1C(=O)c1cc(Cl)ccc1F. The van der Waals surface area contributed by atoms with Crippen molar-refractivity contribution < 1.29 is 13.9 Å². The largest absolute Gasteiger partial charge is 0.385 e. The summed E-state index contributed by atoms with van der Waals surface area (Å²) in [6.45, 7) is 1.37. The molecule has 0 saturated carbocycles. The van der Waals surface area contributed by atoms with Crippen LogP contribution in [0.1, 0.15) is 42.5 Å². The first-order valence-electron chi connectivity index (χ1n) is 7.38. The van der Waals surface area contributed by atoms with E-state index in [1.54, 1.807) is 12.0 Å². The molecule has 0 radical (unpaired) electrons. The Labute approximate surface area is 130 Å². The van der Waals surface area contributed by atoms with Gasteiger partial charge in [0.25, 0.3) is 5.91 Å². The predicted molar refractivity (Wildman–Crippen MR) is 81.2 cm³/mol. The topological polar surface area (TPSA) is 29.5 Å². The van der Waals surface area contributed by atoms with E-state index in [-0.39, 0.29) is 17.5 Å². The van der Waals surface area contributed by atoms with Gasteiger partial charge in [0.05, 0.1) is 5.56 Å². The molecule has 3 nitrogen and oxygen atoms in total. The molecule has 1 fully saturated rings. The molecule has 1 aromatic rings. The van der Waals surface area contributed by atoms with Gasteiger partial charge in [0.1, 0.15) is 5.82 Å². The third-order valence-electron chi connectivity index (χ3n) is 3.93. The van der Waals surface area contributed by atoms with Gasteiger partial charge in [0, 0.05) is 31.3 Å². The number of nitrogens with zero attached hydrogens (tertiary/aromatic N) is 1. The molecule has 0 N–H and O–H groups in total. The Kier molecular flexibility index (Phi) is 6.00. The molecule has 0 bridgehead atoms. The fraction of sp³-hybridized carbons (Fsp3) is 0.562. The molecule has 1 atom stereocenters. The molecule has 116 valence electrons. The molecule has 1 aliphatic rings. The first-order chi connectivity index (χ1) is 10.1. The van der Waals surface area contributed by atoms with Crippen molar-refractivity contribution >= 4 is 17.5 Å². The molecule has 5 heteroatoms. The smallest absolute Gasteiger partial charge is 0.257 e. The van der Waals surface area contributed by atoms with Crippen molar-refractivity contribution in [2.24, 2.45) is 0 Å². The lowest BCUT2D eigenvalue weighted by molar-refractivity contribution is 0.0580. The van der Waals surface area contributed by atoms with Gasteiger partial charge in [-0.2, -0.15) is 0 Å². The summed E-state index contributed by atoms with van der Waals surface area (Å²) >= 11 is 5.88. The molecule has 1 amide bonds. The molecule has 1 heterocycles. The number of carbonyl (C=O) groups is 1. The monoisotopic (exact) mass is 313 g/mol. The second kappa shape index (κ2) is 7.76. The minimum atomic E-state index is -0.509. The Hall–Kier alpha value is -1.13. The third kappa shape index (κ3) is 4.17. The fourth-order valence-electron chi connectivity index (χ4n) is 2.85. The predicted octanol–water partition coefficient (Wildman–Crippen LogP) is 3.90. The van der Waals surface area contributed by atoms with Crippen LogP contribution in [-0.4, -0.2) is 37.1 Å². The minimum Gasteiger partial charge on any atom is -0.385 e. The van der Waals surface area contributed by atoms with E-state index in [2.05, 4.69) is 0 Å². The Morgan fingerprint density at radius 3 is 3.05 bits per heavy atom. The van der Waals surface area contributed by atoms with Crippen LogP contribution in [0.5, 0.6) is 0 Å². The molecule has 0 spiro atoms. The average Bonchev–Trinajstić information content (AvgIpc) is 2.50. The van der Waals surface area contributed by atoms with Crippen molar-refractivity contribution in [3.63, 3.8) is 0 Å². The van der Waals surface area contributed by atoms with Crippen molar-refractivity contribution in [2.45, 2.75) is 38.1 Å². The zero-order valence-electron chi connectivity index (χ0n) is 12.3. The van der Waals surface area contributed by atoms with E-state index in [0.717, 1.165) is 32.1 Å². The van der Waals surface area contributed by atoms with Gasteiger partial charge in [0.15, 0.2) is 0 Å². The van der Waals surface area contributed by atoms with E-state index in [0.29, 0.717) is 18.2 Å². The number of hydrogen-bond donors (Lipinski definition) is 0. The van der Waals surface area contributed by atoms with Gasteiger partial charge in [-0.15, -0.1) is 0 Å². The van der Waals surface area contributed by atoms with Crippen LogP contribution in [0.25, 0.3) is 0 Å². The average molecular weight is 314 g/mol. The van der Waals surface area contributed by atoms with Crippen molar-refractivity contribution in [1.29, 1.82) is 0 Å². The zero-order valence-corrected chi connectivity index (χ0v) is 13.0. The number of amides is 1. The van der Waals surface area contributed by atoms with Gasteiger partial charge in [-0.25, -0.2) is 4.39 Å². The number of likely N-dealkylation sites (tertiary alicyclic amines) is 1. The highest BCUT2D eigenvalue weighted by Gasteiger charge is 2.28. The number of halogens is 2. The lowest BCUT2D eigenvalue weighted by atomic mass is 9.97. The number of hydrogen-bond acceptors (Lipinski definition) is 2. The second-order valence-corrected chi connectivity index (χ2v) is 5.84. The molecule has 1 aromatic carbocycles. The number of piperidine rings is 1. The lowest BCUT2D eigenvalue weighted by Crippen LogP contribution is -2.44. The highest BCUT2D eigenvalue weighted by Crippen LogP contribution is 2.25. The Morgan fingerprint density at radius 1 is 1.48 bits per heavy atom. The van der Waals surface area contributed by atoms with Gasteiger partial charge < -0.3 is 9.64 Å². The summed E-state index contributed by atoms with van der Waals surface area (Å²) < 4.78 is 18.9. The summed E-state index contributed by atoms with van der Waals surface area (Å²) in [5, 5.41) is 0.382. The van der Waals surface area contributed by atoms with E-state index < -0.39 is 5.82 Å². The quantitative estimate of drug-likeness (QED) is 0.772. The number of rotatable bonds is 5. The zero-order chi connectivity index (χ0) is 15.2. The maximum absolute atomic E-state index is 13.9. The molecule has 0 aliphatic carbocycles. The van der Waals surface area contributed by atoms with Crippen LogP contribution in [0.15, 0.2) is 18.2 Å². The number of carbonyl (C=O) groups excluding carboxylic acids is 1. The molecule has 1 saturated heterocycles. The van der Waals surface area contributed by atoms with E-state index in [4.69, 9.17) is 16.3 Å². The van der Waals surface area contributed by atoms with E-state index >= 15 is 0 Å². The fourth-order valence-corrected chi connectivity index (χ4v) is 3.02. The molecule has 21 heavy (non-hydrogen) atoms. The minimum absolute atomic E-state index is 0.0705. The highest BCUT2D eigenvalue weighted by molar-refractivity contribution is 6.31. The van der Waals surface area contributed by atoms with Crippen LogP contribution in [-0.2, 0) is 4.74 Å².